The van der Waals surface area contributed by atoms with Gasteiger partial charge in [0.25, 0.3) is 0 Å². The molecule has 0 atom stereocenters. The van der Waals surface area contributed by atoms with Crippen molar-refractivity contribution in [3.8, 4) is 0 Å². The summed E-state index contributed by atoms with van der Waals surface area (Å²) in [5.41, 5.74) is 3.54. The number of aromatic amines is 1. The minimum Gasteiger partial charge on any atom is -0.380 e. The summed E-state index contributed by atoms with van der Waals surface area (Å²) in [5.74, 6) is 0. The van der Waals surface area contributed by atoms with E-state index in [-0.39, 0.29) is 0 Å². The zero-order chi connectivity index (χ0) is 13.0. The molecule has 0 aliphatic heterocycles. The Morgan fingerprint density at radius 3 is 2.94 bits per heavy atom. The van der Waals surface area contributed by atoms with Gasteiger partial charge in [0.05, 0.1) is 17.6 Å². The standard InChI is InChI=1S/C14H20N2OS/c1-3-4-9-17-10-8-16-13-11(2)6-5-7-12(13)15-14(16)18/h5-7H,3-4,8-10H2,1-2H3,(H,15,18). The van der Waals surface area contributed by atoms with Crippen LogP contribution in [0.3, 0.4) is 0 Å². The number of nitrogens with zero attached hydrogens (tertiary/aromatic N) is 1. The molecule has 0 saturated carbocycles. The highest BCUT2D eigenvalue weighted by molar-refractivity contribution is 7.71. The van der Waals surface area contributed by atoms with Crippen LogP contribution in [-0.4, -0.2) is 22.8 Å². The van der Waals surface area contributed by atoms with E-state index in [2.05, 4.69) is 35.5 Å². The van der Waals surface area contributed by atoms with Crippen molar-refractivity contribution in [2.75, 3.05) is 13.2 Å². The number of fused-ring (bicyclic) bond motifs is 1. The lowest BCUT2D eigenvalue weighted by Gasteiger charge is -2.07. The Bertz CT molecular complexity index is 571. The van der Waals surface area contributed by atoms with E-state index in [4.69, 9.17) is 17.0 Å². The molecule has 0 aliphatic rings. The SMILES string of the molecule is CCCCOCCn1c(=S)[nH]c2cccc(C)c21. The Kier molecular flexibility index (Phi) is 4.55. The van der Waals surface area contributed by atoms with Crippen LogP contribution >= 0.6 is 12.2 Å². The average Bonchev–Trinajstić information content (AvgIpc) is 2.67. The second kappa shape index (κ2) is 6.16. The van der Waals surface area contributed by atoms with Crippen LogP contribution in [-0.2, 0) is 11.3 Å². The zero-order valence-electron chi connectivity index (χ0n) is 11.0. The highest BCUT2D eigenvalue weighted by atomic mass is 32.1. The molecular weight excluding hydrogens is 244 g/mol. The fourth-order valence-electron chi connectivity index (χ4n) is 2.12. The summed E-state index contributed by atoms with van der Waals surface area (Å²) in [7, 11) is 0. The monoisotopic (exact) mass is 264 g/mol. The van der Waals surface area contributed by atoms with Gasteiger partial charge < -0.3 is 14.3 Å². The van der Waals surface area contributed by atoms with Crippen molar-refractivity contribution in [2.45, 2.75) is 33.2 Å². The third-order valence-corrected chi connectivity index (χ3v) is 3.42. The summed E-state index contributed by atoms with van der Waals surface area (Å²) in [4.78, 5) is 3.24. The minimum atomic E-state index is 0.718. The molecule has 0 radical (unpaired) electrons. The summed E-state index contributed by atoms with van der Waals surface area (Å²) >= 11 is 5.37. The number of benzene rings is 1. The van der Waals surface area contributed by atoms with Crippen LogP contribution in [0.15, 0.2) is 18.2 Å². The summed E-state index contributed by atoms with van der Waals surface area (Å²) < 4.78 is 8.52. The number of ether oxygens (including phenoxy) is 1. The molecule has 1 aromatic carbocycles. The molecule has 0 unspecified atom stereocenters. The number of H-pyrrole nitrogens is 1. The van der Waals surface area contributed by atoms with Crippen LogP contribution in [0.1, 0.15) is 25.3 Å². The minimum absolute atomic E-state index is 0.718. The fraction of sp³-hybridized carbons (Fsp3) is 0.500. The third-order valence-electron chi connectivity index (χ3n) is 3.10. The van der Waals surface area contributed by atoms with Gasteiger partial charge in [0.15, 0.2) is 4.77 Å². The van der Waals surface area contributed by atoms with E-state index in [9.17, 15) is 0 Å². The second-order valence-electron chi connectivity index (χ2n) is 4.52. The van der Waals surface area contributed by atoms with Gasteiger partial charge in [-0.3, -0.25) is 0 Å². The van der Waals surface area contributed by atoms with Crippen molar-refractivity contribution in [2.24, 2.45) is 0 Å². The van der Waals surface area contributed by atoms with Gasteiger partial charge in [-0.05, 0) is 37.2 Å². The number of aryl methyl sites for hydroxylation is 1. The first-order chi connectivity index (χ1) is 8.74. The first-order valence-corrected chi connectivity index (χ1v) is 6.90. The highest BCUT2D eigenvalue weighted by Crippen LogP contribution is 2.18. The molecule has 1 aromatic heterocycles. The number of nitrogens with one attached hydrogen (secondary N) is 1. The van der Waals surface area contributed by atoms with Crippen LogP contribution in [0, 0.1) is 11.7 Å². The van der Waals surface area contributed by atoms with Gasteiger partial charge in [-0.15, -0.1) is 0 Å². The van der Waals surface area contributed by atoms with Gasteiger partial charge in [-0.2, -0.15) is 0 Å². The Balaban J connectivity index is 2.12. The smallest absolute Gasteiger partial charge is 0.178 e. The molecule has 0 fully saturated rings. The number of unbranched alkanes of at least 4 members (excludes halogenated alkanes) is 1. The van der Waals surface area contributed by atoms with Crippen molar-refractivity contribution in [3.63, 3.8) is 0 Å². The van der Waals surface area contributed by atoms with Crippen LogP contribution in [0.4, 0.5) is 0 Å². The van der Waals surface area contributed by atoms with Crippen LogP contribution in [0.25, 0.3) is 11.0 Å². The Morgan fingerprint density at radius 2 is 2.17 bits per heavy atom. The normalized spacial score (nSPS) is 11.2. The zero-order valence-corrected chi connectivity index (χ0v) is 11.8. The van der Waals surface area contributed by atoms with E-state index >= 15 is 0 Å². The number of hydrogen-bond donors (Lipinski definition) is 1. The lowest BCUT2D eigenvalue weighted by Crippen LogP contribution is -2.07. The lowest BCUT2D eigenvalue weighted by atomic mass is 10.2. The molecule has 1 heterocycles. The van der Waals surface area contributed by atoms with Crippen molar-refractivity contribution in [1.29, 1.82) is 0 Å². The molecule has 0 saturated heterocycles. The first kappa shape index (κ1) is 13.3. The number of rotatable bonds is 6. The average molecular weight is 264 g/mol. The Hall–Kier alpha value is -1.13. The van der Waals surface area contributed by atoms with Gasteiger partial charge in [-0.1, -0.05) is 25.5 Å². The molecular formula is C14H20N2OS. The molecule has 3 nitrogen and oxygen atoms in total. The Morgan fingerprint density at radius 1 is 1.33 bits per heavy atom. The van der Waals surface area contributed by atoms with E-state index in [0.29, 0.717) is 0 Å². The van der Waals surface area contributed by atoms with Gasteiger partial charge in [0.1, 0.15) is 0 Å². The van der Waals surface area contributed by atoms with Crippen LogP contribution in [0.2, 0.25) is 0 Å². The van der Waals surface area contributed by atoms with Gasteiger partial charge >= 0.3 is 0 Å². The van der Waals surface area contributed by atoms with E-state index in [1.807, 2.05) is 6.07 Å². The number of aromatic nitrogens is 2. The molecule has 0 aliphatic carbocycles. The quantitative estimate of drug-likeness (QED) is 0.635. The van der Waals surface area contributed by atoms with E-state index < -0.39 is 0 Å². The van der Waals surface area contributed by atoms with Crippen molar-refractivity contribution in [1.82, 2.24) is 9.55 Å². The predicted molar refractivity (Wildman–Crippen MR) is 77.6 cm³/mol. The molecule has 2 aromatic rings. The molecule has 98 valence electrons. The molecule has 0 spiro atoms. The largest absolute Gasteiger partial charge is 0.380 e. The molecule has 2 rings (SSSR count). The molecule has 0 amide bonds. The lowest BCUT2D eigenvalue weighted by molar-refractivity contribution is 0.124. The molecule has 0 bridgehead atoms. The van der Waals surface area contributed by atoms with Gasteiger partial charge in [0, 0.05) is 13.2 Å². The Labute approximate surface area is 113 Å². The maximum absolute atomic E-state index is 5.61. The summed E-state index contributed by atoms with van der Waals surface area (Å²) in [6.07, 6.45) is 2.30. The van der Waals surface area contributed by atoms with Crippen molar-refractivity contribution in [3.05, 3.63) is 28.5 Å². The summed E-state index contributed by atoms with van der Waals surface area (Å²) in [6, 6.07) is 6.22. The molecule has 18 heavy (non-hydrogen) atoms. The van der Waals surface area contributed by atoms with E-state index in [1.54, 1.807) is 0 Å². The highest BCUT2D eigenvalue weighted by Gasteiger charge is 2.06. The van der Waals surface area contributed by atoms with Gasteiger partial charge in [-0.25, -0.2) is 0 Å². The van der Waals surface area contributed by atoms with Crippen LogP contribution in [0.5, 0.6) is 0 Å². The number of hydrogen-bond acceptors (Lipinski definition) is 2. The van der Waals surface area contributed by atoms with Gasteiger partial charge in [0.2, 0.25) is 0 Å². The summed E-state index contributed by atoms with van der Waals surface area (Å²) in [6.45, 7) is 6.65. The third kappa shape index (κ3) is 2.82. The first-order valence-electron chi connectivity index (χ1n) is 6.50. The maximum atomic E-state index is 5.61. The second-order valence-corrected chi connectivity index (χ2v) is 4.91. The predicted octanol–water partition coefficient (Wildman–Crippen LogP) is 3.82. The van der Waals surface area contributed by atoms with Crippen molar-refractivity contribution < 1.29 is 4.74 Å². The number of para-hydroxylation sites is 1. The summed E-state index contributed by atoms with van der Waals surface area (Å²) in [5, 5.41) is 0. The van der Waals surface area contributed by atoms with Crippen molar-refractivity contribution >= 4 is 23.3 Å². The molecule has 1 N–H and O–H groups in total. The van der Waals surface area contributed by atoms with E-state index in [1.165, 1.54) is 17.5 Å². The number of imidazole rings is 1. The maximum Gasteiger partial charge on any atom is 0.178 e. The fourth-order valence-corrected chi connectivity index (χ4v) is 2.41. The molecule has 4 heteroatoms. The van der Waals surface area contributed by atoms with Crippen LogP contribution < -0.4 is 0 Å². The van der Waals surface area contributed by atoms with E-state index in [0.717, 1.165) is 36.5 Å². The topological polar surface area (TPSA) is 29.9 Å².